The summed E-state index contributed by atoms with van der Waals surface area (Å²) in [5, 5.41) is 9.53. The highest BCUT2D eigenvalue weighted by Gasteiger charge is 2.26. The molecule has 0 radical (unpaired) electrons. The fourth-order valence-electron chi connectivity index (χ4n) is 4.63. The van der Waals surface area contributed by atoms with Gasteiger partial charge in [0.05, 0.1) is 18.8 Å². The molecule has 1 aromatic heterocycles. The van der Waals surface area contributed by atoms with Gasteiger partial charge in [0, 0.05) is 30.9 Å². The lowest BCUT2D eigenvalue weighted by molar-refractivity contribution is -0.142. The minimum absolute atomic E-state index is 0.0150. The van der Waals surface area contributed by atoms with E-state index < -0.39 is 6.10 Å². The second-order valence-electron chi connectivity index (χ2n) is 8.78. The molecule has 1 amide bonds. The number of ether oxygens (including phenoxy) is 2. The average Bonchev–Trinajstić information content (AvgIpc) is 2.89. The molecule has 1 saturated carbocycles. The van der Waals surface area contributed by atoms with E-state index in [0.717, 1.165) is 32.1 Å². The zero-order valence-electron chi connectivity index (χ0n) is 19.4. The molecule has 2 aliphatic rings. The number of nitrogens with zero attached hydrogens (tertiary/aromatic N) is 3. The van der Waals surface area contributed by atoms with Crippen molar-refractivity contribution < 1.29 is 19.1 Å². The maximum Gasteiger partial charge on any atom is 0.268 e. The van der Waals surface area contributed by atoms with Gasteiger partial charge < -0.3 is 18.9 Å². The predicted octanol–water partition coefficient (Wildman–Crippen LogP) is 3.08. The third-order valence-corrected chi connectivity index (χ3v) is 6.50. The number of amides is 1. The maximum absolute atomic E-state index is 13.5. The minimum atomic E-state index is -0.780. The Hall–Kier alpha value is -3.44. The van der Waals surface area contributed by atoms with E-state index >= 15 is 0 Å². The summed E-state index contributed by atoms with van der Waals surface area (Å²) >= 11 is 0. The molecule has 1 saturated heterocycles. The summed E-state index contributed by atoms with van der Waals surface area (Å²) in [6.45, 7) is 3.66. The Kier molecular flexibility index (Phi) is 7.43. The molecule has 1 aliphatic carbocycles. The van der Waals surface area contributed by atoms with Crippen molar-refractivity contribution in [3.63, 3.8) is 0 Å². The third kappa shape index (κ3) is 5.05. The summed E-state index contributed by atoms with van der Waals surface area (Å²) < 4.78 is 12.8. The monoisotopic (exact) mass is 463 g/mol. The van der Waals surface area contributed by atoms with Crippen LogP contribution in [0.25, 0.3) is 0 Å². The summed E-state index contributed by atoms with van der Waals surface area (Å²) in [4.78, 5) is 40.8. The Balaban J connectivity index is 1.62. The molecule has 8 nitrogen and oxygen atoms in total. The molecule has 1 aromatic carbocycles. The molecular weight excluding hydrogens is 434 g/mol. The number of rotatable bonds is 6. The van der Waals surface area contributed by atoms with Crippen molar-refractivity contribution in [3.8, 4) is 11.8 Å². The predicted molar refractivity (Wildman–Crippen MR) is 125 cm³/mol. The molecule has 0 N–H and O–H groups in total. The van der Waals surface area contributed by atoms with Gasteiger partial charge in [0.2, 0.25) is 0 Å². The quantitative estimate of drug-likeness (QED) is 0.610. The van der Waals surface area contributed by atoms with E-state index in [-0.39, 0.29) is 45.7 Å². The summed E-state index contributed by atoms with van der Waals surface area (Å²) in [6.07, 6.45) is 5.65. The van der Waals surface area contributed by atoms with Crippen LogP contribution in [0.2, 0.25) is 0 Å². The first-order valence-electron chi connectivity index (χ1n) is 11.8. The molecule has 1 atom stereocenters. The molecule has 1 aliphatic heterocycles. The Bertz CT molecular complexity index is 1150. The van der Waals surface area contributed by atoms with Gasteiger partial charge in [-0.05, 0) is 38.0 Å². The van der Waals surface area contributed by atoms with Gasteiger partial charge in [-0.15, -0.1) is 0 Å². The maximum atomic E-state index is 13.5. The minimum Gasteiger partial charge on any atom is -0.480 e. The van der Waals surface area contributed by atoms with Crippen LogP contribution in [0.1, 0.15) is 66.6 Å². The van der Waals surface area contributed by atoms with Crippen molar-refractivity contribution >= 4 is 11.7 Å². The second kappa shape index (κ2) is 10.7. The van der Waals surface area contributed by atoms with E-state index in [2.05, 4.69) is 0 Å². The first-order valence-corrected chi connectivity index (χ1v) is 11.8. The van der Waals surface area contributed by atoms with E-state index in [9.17, 15) is 19.6 Å². The van der Waals surface area contributed by atoms with Gasteiger partial charge in [-0.3, -0.25) is 14.4 Å². The number of carbonyl (C=O) groups is 2. The lowest BCUT2D eigenvalue weighted by Crippen LogP contribution is -2.46. The number of nitriles is 1. The molecule has 34 heavy (non-hydrogen) atoms. The van der Waals surface area contributed by atoms with E-state index in [1.165, 1.54) is 6.07 Å². The first kappa shape index (κ1) is 23.7. The number of hydrogen-bond donors (Lipinski definition) is 0. The zero-order valence-corrected chi connectivity index (χ0v) is 19.4. The van der Waals surface area contributed by atoms with Crippen molar-refractivity contribution in [2.75, 3.05) is 26.3 Å². The van der Waals surface area contributed by atoms with Crippen molar-refractivity contribution in [3.05, 3.63) is 63.6 Å². The Morgan fingerprint density at radius 1 is 1.15 bits per heavy atom. The summed E-state index contributed by atoms with van der Waals surface area (Å²) in [7, 11) is 0. The van der Waals surface area contributed by atoms with Gasteiger partial charge in [0.1, 0.15) is 17.4 Å². The van der Waals surface area contributed by atoms with Crippen molar-refractivity contribution in [2.24, 2.45) is 0 Å². The van der Waals surface area contributed by atoms with Crippen LogP contribution in [-0.4, -0.2) is 53.6 Å². The lowest BCUT2D eigenvalue weighted by Gasteiger charge is -2.29. The third-order valence-electron chi connectivity index (χ3n) is 6.50. The molecule has 2 fully saturated rings. The Morgan fingerprint density at radius 2 is 1.85 bits per heavy atom. The number of carbonyl (C=O) groups excluding carboxylic acids is 2. The fourth-order valence-corrected chi connectivity index (χ4v) is 4.63. The molecule has 2 aromatic rings. The number of pyridine rings is 1. The van der Waals surface area contributed by atoms with Gasteiger partial charge >= 0.3 is 0 Å². The normalized spacial score (nSPS) is 17.6. The van der Waals surface area contributed by atoms with Crippen LogP contribution in [-0.2, 0) is 9.53 Å². The fraction of sp³-hybridized carbons (Fsp3) is 0.462. The van der Waals surface area contributed by atoms with Gasteiger partial charge in [-0.1, -0.05) is 31.4 Å². The molecule has 4 rings (SSSR count). The molecule has 8 heteroatoms. The molecule has 178 valence electrons. The first-order chi connectivity index (χ1) is 16.5. The highest BCUT2D eigenvalue weighted by atomic mass is 16.5. The number of aromatic nitrogens is 1. The van der Waals surface area contributed by atoms with Crippen molar-refractivity contribution in [1.29, 1.82) is 5.26 Å². The van der Waals surface area contributed by atoms with Gasteiger partial charge in [-0.2, -0.15) is 5.26 Å². The van der Waals surface area contributed by atoms with Gasteiger partial charge in [0.25, 0.3) is 11.5 Å². The van der Waals surface area contributed by atoms with Crippen LogP contribution in [0.3, 0.4) is 0 Å². The van der Waals surface area contributed by atoms with Crippen LogP contribution in [0.4, 0.5) is 0 Å². The molecule has 2 heterocycles. The Morgan fingerprint density at radius 3 is 2.56 bits per heavy atom. The molecule has 0 bridgehead atoms. The van der Waals surface area contributed by atoms with E-state index in [1.807, 2.05) is 6.07 Å². The molecular formula is C26H29N3O5. The smallest absolute Gasteiger partial charge is 0.268 e. The summed E-state index contributed by atoms with van der Waals surface area (Å²) in [5.74, 6) is -0.235. The largest absolute Gasteiger partial charge is 0.480 e. The zero-order chi connectivity index (χ0) is 24.1. The van der Waals surface area contributed by atoms with Gasteiger partial charge in [0.15, 0.2) is 11.9 Å². The summed E-state index contributed by atoms with van der Waals surface area (Å²) in [5.41, 5.74) is 0.123. The SMILES string of the molecule is CC(Oc1ccccc1C(=O)c1cc(C#N)c(=O)n(C2CCCCC2)c1)C(=O)N1CCOCC1. The number of para-hydroxylation sites is 1. The van der Waals surface area contributed by atoms with E-state index in [0.29, 0.717) is 26.3 Å². The van der Waals surface area contributed by atoms with E-state index in [1.54, 1.807) is 46.9 Å². The van der Waals surface area contributed by atoms with Crippen LogP contribution in [0.15, 0.2) is 41.3 Å². The van der Waals surface area contributed by atoms with Crippen LogP contribution < -0.4 is 10.3 Å². The number of morpholine rings is 1. The second-order valence-corrected chi connectivity index (χ2v) is 8.78. The molecule has 0 spiro atoms. The highest BCUT2D eigenvalue weighted by Crippen LogP contribution is 2.28. The van der Waals surface area contributed by atoms with Crippen LogP contribution >= 0.6 is 0 Å². The van der Waals surface area contributed by atoms with Crippen LogP contribution in [0, 0.1) is 11.3 Å². The lowest BCUT2D eigenvalue weighted by atomic mass is 9.94. The van der Waals surface area contributed by atoms with Crippen molar-refractivity contribution in [1.82, 2.24) is 9.47 Å². The molecule has 1 unspecified atom stereocenters. The highest BCUT2D eigenvalue weighted by molar-refractivity contribution is 6.10. The topological polar surface area (TPSA) is 102 Å². The van der Waals surface area contributed by atoms with E-state index in [4.69, 9.17) is 9.47 Å². The number of ketones is 1. The average molecular weight is 464 g/mol. The van der Waals surface area contributed by atoms with Gasteiger partial charge in [-0.25, -0.2) is 0 Å². The summed E-state index contributed by atoms with van der Waals surface area (Å²) in [6, 6.07) is 10.0. The standard InChI is InChI=1S/C26H29N3O5/c1-18(25(31)28-11-13-33-14-12-28)34-23-10-6-5-9-22(23)24(30)20-15-19(16-27)26(32)29(17-20)21-7-3-2-4-8-21/h5-6,9-10,15,17-18,21H,2-4,7-8,11-14H2,1H3. The Labute approximate surface area is 198 Å². The number of benzene rings is 1. The van der Waals surface area contributed by atoms with Crippen LogP contribution in [0.5, 0.6) is 5.75 Å². The number of hydrogen-bond acceptors (Lipinski definition) is 6. The van der Waals surface area contributed by atoms with Crippen molar-refractivity contribution in [2.45, 2.75) is 51.2 Å².